The molecule has 0 fully saturated rings. The average molecular weight is 464 g/mol. The van der Waals surface area contributed by atoms with E-state index in [4.69, 9.17) is 14.2 Å². The van der Waals surface area contributed by atoms with E-state index in [0.717, 1.165) is 18.3 Å². The number of alkyl halides is 3. The number of ether oxygens (including phenoxy) is 3. The lowest BCUT2D eigenvalue weighted by molar-refractivity contribution is -0.137. The zero-order chi connectivity index (χ0) is 24.0. The molecule has 2 aromatic heterocycles. The van der Waals surface area contributed by atoms with Crippen LogP contribution < -0.4 is 14.8 Å². The largest absolute Gasteiger partial charge is 0.493 e. The van der Waals surface area contributed by atoms with E-state index >= 15 is 0 Å². The molecule has 1 atom stereocenters. The van der Waals surface area contributed by atoms with Gasteiger partial charge in [-0.2, -0.15) is 13.2 Å². The number of fused-ring (bicyclic) bond motifs is 1. The summed E-state index contributed by atoms with van der Waals surface area (Å²) >= 11 is 0. The van der Waals surface area contributed by atoms with Gasteiger partial charge in [0, 0.05) is 30.7 Å². The summed E-state index contributed by atoms with van der Waals surface area (Å²) in [5.41, 5.74) is 0.108. The highest BCUT2D eigenvalue weighted by Crippen LogP contribution is 2.35. The fourth-order valence-corrected chi connectivity index (χ4v) is 3.23. The van der Waals surface area contributed by atoms with Crippen molar-refractivity contribution >= 4 is 16.7 Å². The number of methoxy groups -OCH3 is 1. The number of hydrogen-bond acceptors (Lipinski definition) is 7. The molecule has 0 saturated carbocycles. The lowest BCUT2D eigenvalue weighted by Gasteiger charge is -2.18. The van der Waals surface area contributed by atoms with Gasteiger partial charge >= 0.3 is 6.18 Å². The molecule has 3 aromatic rings. The van der Waals surface area contributed by atoms with E-state index < -0.39 is 11.7 Å². The Balaban J connectivity index is 1.88. The Kier molecular flexibility index (Phi) is 7.91. The summed E-state index contributed by atoms with van der Waals surface area (Å²) in [6, 6.07) is 5.48. The molecule has 0 amide bonds. The van der Waals surface area contributed by atoms with E-state index in [-0.39, 0.29) is 18.3 Å². The molecule has 7 nitrogen and oxygen atoms in total. The standard InChI is InChI=1S/C23H27F3N4O3/c1-5-32-9-7-14(2)33-21-11-18-19(12-20(21)31-4)29-15(3)30-22(18)28-13-17-10-16(6-8-27-17)23(24,25)26/h6,8,10-12,14H,5,7,9,13H2,1-4H3,(H,28,29,30). The number of aryl methyl sites for hydroxylation is 1. The van der Waals surface area contributed by atoms with E-state index in [9.17, 15) is 13.2 Å². The third kappa shape index (κ3) is 6.44. The summed E-state index contributed by atoms with van der Waals surface area (Å²) < 4.78 is 56.0. The minimum Gasteiger partial charge on any atom is -0.493 e. The van der Waals surface area contributed by atoms with Crippen molar-refractivity contribution in [2.24, 2.45) is 0 Å². The molecular weight excluding hydrogens is 437 g/mol. The number of nitrogens with one attached hydrogen (secondary N) is 1. The highest BCUT2D eigenvalue weighted by atomic mass is 19.4. The monoisotopic (exact) mass is 464 g/mol. The molecule has 178 valence electrons. The summed E-state index contributed by atoms with van der Waals surface area (Å²) in [5.74, 6) is 2.00. The molecule has 0 saturated heterocycles. The van der Waals surface area contributed by atoms with Gasteiger partial charge in [0.15, 0.2) is 11.5 Å². The average Bonchev–Trinajstić information content (AvgIpc) is 2.77. The van der Waals surface area contributed by atoms with E-state index in [1.807, 2.05) is 13.8 Å². The molecule has 0 aliphatic carbocycles. The van der Waals surface area contributed by atoms with Crippen LogP contribution in [0, 0.1) is 6.92 Å². The molecule has 0 bridgehead atoms. The maximum atomic E-state index is 13.0. The molecule has 1 N–H and O–H groups in total. The predicted octanol–water partition coefficient (Wildman–Crippen LogP) is 5.17. The van der Waals surface area contributed by atoms with Crippen LogP contribution in [0.4, 0.5) is 19.0 Å². The van der Waals surface area contributed by atoms with Crippen LogP contribution in [0.25, 0.3) is 10.9 Å². The zero-order valence-corrected chi connectivity index (χ0v) is 19.0. The summed E-state index contributed by atoms with van der Waals surface area (Å²) in [7, 11) is 1.55. The van der Waals surface area contributed by atoms with Gasteiger partial charge in [-0.1, -0.05) is 0 Å². The smallest absolute Gasteiger partial charge is 0.416 e. The zero-order valence-electron chi connectivity index (χ0n) is 19.0. The molecule has 2 heterocycles. The first kappa shape index (κ1) is 24.5. The fourth-order valence-electron chi connectivity index (χ4n) is 3.23. The maximum absolute atomic E-state index is 13.0. The summed E-state index contributed by atoms with van der Waals surface area (Å²) in [6.07, 6.45) is -2.72. The number of nitrogens with zero attached hydrogens (tertiary/aromatic N) is 3. The summed E-state index contributed by atoms with van der Waals surface area (Å²) in [5, 5.41) is 3.74. The second-order valence-electron chi connectivity index (χ2n) is 7.44. The Hall–Kier alpha value is -3.14. The quantitative estimate of drug-likeness (QED) is 0.415. The van der Waals surface area contributed by atoms with Crippen LogP contribution in [0.1, 0.15) is 37.4 Å². The van der Waals surface area contributed by atoms with Crippen LogP contribution in [0.5, 0.6) is 11.5 Å². The second-order valence-corrected chi connectivity index (χ2v) is 7.44. The van der Waals surface area contributed by atoms with Gasteiger partial charge < -0.3 is 19.5 Å². The third-order valence-electron chi connectivity index (χ3n) is 4.87. The minimum atomic E-state index is -4.43. The van der Waals surface area contributed by atoms with E-state index in [1.54, 1.807) is 26.2 Å². The van der Waals surface area contributed by atoms with Crippen LogP contribution in [-0.2, 0) is 17.5 Å². The summed E-state index contributed by atoms with van der Waals surface area (Å²) in [4.78, 5) is 12.9. The molecule has 1 unspecified atom stereocenters. The number of rotatable bonds is 10. The van der Waals surface area contributed by atoms with Crippen LogP contribution >= 0.6 is 0 Å². The Morgan fingerprint density at radius 1 is 1.12 bits per heavy atom. The molecule has 3 rings (SSSR count). The number of pyridine rings is 1. The number of aromatic nitrogens is 3. The second kappa shape index (κ2) is 10.7. The van der Waals surface area contributed by atoms with Crippen molar-refractivity contribution in [3.05, 3.63) is 47.5 Å². The normalized spacial score (nSPS) is 12.6. The lowest BCUT2D eigenvalue weighted by Crippen LogP contribution is -2.15. The van der Waals surface area contributed by atoms with Gasteiger partial charge in [-0.3, -0.25) is 4.98 Å². The molecule has 10 heteroatoms. The van der Waals surface area contributed by atoms with Crippen LogP contribution in [0.15, 0.2) is 30.5 Å². The van der Waals surface area contributed by atoms with E-state index in [1.165, 1.54) is 0 Å². The number of benzene rings is 1. The number of halogens is 3. The number of anilines is 1. The first-order chi connectivity index (χ1) is 15.7. The minimum absolute atomic E-state index is 0.0580. The van der Waals surface area contributed by atoms with Crippen molar-refractivity contribution < 1.29 is 27.4 Å². The van der Waals surface area contributed by atoms with E-state index in [2.05, 4.69) is 20.3 Å². The van der Waals surface area contributed by atoms with Crippen molar-refractivity contribution in [1.29, 1.82) is 0 Å². The predicted molar refractivity (Wildman–Crippen MR) is 119 cm³/mol. The Labute approximate surface area is 190 Å². The van der Waals surface area contributed by atoms with Gasteiger partial charge in [-0.05, 0) is 39.0 Å². The first-order valence-corrected chi connectivity index (χ1v) is 10.6. The topological polar surface area (TPSA) is 78.4 Å². The first-order valence-electron chi connectivity index (χ1n) is 10.6. The molecule has 1 aromatic carbocycles. The third-order valence-corrected chi connectivity index (χ3v) is 4.87. The van der Waals surface area contributed by atoms with Crippen molar-refractivity contribution in [1.82, 2.24) is 15.0 Å². The lowest BCUT2D eigenvalue weighted by atomic mass is 10.2. The van der Waals surface area contributed by atoms with Gasteiger partial charge in [-0.25, -0.2) is 9.97 Å². The SMILES string of the molecule is CCOCCC(C)Oc1cc2c(NCc3cc(C(F)(F)F)ccn3)nc(C)nc2cc1OC. The summed E-state index contributed by atoms with van der Waals surface area (Å²) in [6.45, 7) is 6.88. The van der Waals surface area contributed by atoms with Crippen LogP contribution in [0.2, 0.25) is 0 Å². The van der Waals surface area contributed by atoms with Crippen LogP contribution in [-0.4, -0.2) is 41.4 Å². The fraction of sp³-hybridized carbons (Fsp3) is 0.435. The highest BCUT2D eigenvalue weighted by molar-refractivity contribution is 5.91. The Bertz CT molecular complexity index is 1090. The van der Waals surface area contributed by atoms with Gasteiger partial charge in [0.05, 0.1) is 43.1 Å². The van der Waals surface area contributed by atoms with E-state index in [0.29, 0.717) is 53.7 Å². The van der Waals surface area contributed by atoms with Crippen molar-refractivity contribution in [3.63, 3.8) is 0 Å². The molecule has 0 aliphatic heterocycles. The Morgan fingerprint density at radius 3 is 2.61 bits per heavy atom. The molecular formula is C23H27F3N4O3. The van der Waals surface area contributed by atoms with Gasteiger partial charge in [-0.15, -0.1) is 0 Å². The van der Waals surface area contributed by atoms with Gasteiger partial charge in [0.25, 0.3) is 0 Å². The van der Waals surface area contributed by atoms with Crippen molar-refractivity contribution in [3.8, 4) is 11.5 Å². The van der Waals surface area contributed by atoms with Crippen molar-refractivity contribution in [2.75, 3.05) is 25.6 Å². The number of hydrogen-bond donors (Lipinski definition) is 1. The maximum Gasteiger partial charge on any atom is 0.416 e. The van der Waals surface area contributed by atoms with Crippen molar-refractivity contribution in [2.45, 2.75) is 46.0 Å². The van der Waals surface area contributed by atoms with Crippen LogP contribution in [0.3, 0.4) is 0 Å². The molecule has 0 radical (unpaired) electrons. The van der Waals surface area contributed by atoms with Gasteiger partial charge in [0.1, 0.15) is 11.6 Å². The molecule has 0 aliphatic rings. The molecule has 33 heavy (non-hydrogen) atoms. The Morgan fingerprint density at radius 2 is 1.91 bits per heavy atom. The van der Waals surface area contributed by atoms with Gasteiger partial charge in [0.2, 0.25) is 0 Å². The molecule has 0 spiro atoms. The highest BCUT2D eigenvalue weighted by Gasteiger charge is 2.30.